The number of rotatable bonds is 2. The van der Waals surface area contributed by atoms with Gasteiger partial charge >= 0.3 is 0 Å². The smallest absolute Gasteiger partial charge is 0.0557 e. The second-order valence-electron chi connectivity index (χ2n) is 4.80. The van der Waals surface area contributed by atoms with Crippen LogP contribution in [-0.4, -0.2) is 30.2 Å². The second kappa shape index (κ2) is 4.03. The molecule has 4 heteroatoms. The van der Waals surface area contributed by atoms with Crippen molar-refractivity contribution in [2.24, 2.45) is 5.73 Å². The molecule has 2 aliphatic rings. The summed E-state index contributed by atoms with van der Waals surface area (Å²) in [5.74, 6) is 0. The lowest BCUT2D eigenvalue weighted by atomic mass is 10.2. The van der Waals surface area contributed by atoms with E-state index in [2.05, 4.69) is 21.3 Å². The highest BCUT2D eigenvalue weighted by Crippen LogP contribution is 2.24. The van der Waals surface area contributed by atoms with Crippen molar-refractivity contribution in [1.29, 1.82) is 0 Å². The molecule has 2 bridgehead atoms. The van der Waals surface area contributed by atoms with Crippen LogP contribution in [0.25, 0.3) is 0 Å². The molecule has 2 unspecified atom stereocenters. The molecule has 0 amide bonds. The van der Waals surface area contributed by atoms with Crippen molar-refractivity contribution in [3.05, 3.63) is 24.0 Å². The maximum absolute atomic E-state index is 5.64. The summed E-state index contributed by atoms with van der Waals surface area (Å²) in [5.41, 5.74) is 7.98. The molecule has 1 aromatic rings. The molecule has 16 heavy (non-hydrogen) atoms. The third kappa shape index (κ3) is 1.79. The molecule has 1 aromatic heterocycles. The van der Waals surface area contributed by atoms with E-state index in [9.17, 15) is 0 Å². The minimum absolute atomic E-state index is 0.569. The first-order valence-corrected chi connectivity index (χ1v) is 6.00. The Morgan fingerprint density at radius 2 is 2.06 bits per heavy atom. The van der Waals surface area contributed by atoms with Gasteiger partial charge in [0.15, 0.2) is 0 Å². The van der Waals surface area contributed by atoms with Gasteiger partial charge in [0.1, 0.15) is 0 Å². The number of hydrogen-bond donors (Lipinski definition) is 2. The SMILES string of the molecule is NCc1cncc(N2CC3CCC(C2)N3)c1. The average molecular weight is 218 g/mol. The standard InChI is InChI=1S/C12H18N4/c13-4-9-3-12(6-14-5-9)16-7-10-1-2-11(8-16)15-10/h3,5-6,10-11,15H,1-2,4,7-8,13H2. The topological polar surface area (TPSA) is 54.2 Å². The molecule has 0 saturated carbocycles. The van der Waals surface area contributed by atoms with E-state index in [1.165, 1.54) is 18.5 Å². The van der Waals surface area contributed by atoms with Gasteiger partial charge in [0, 0.05) is 37.9 Å². The minimum Gasteiger partial charge on any atom is -0.367 e. The Hall–Kier alpha value is -1.13. The van der Waals surface area contributed by atoms with E-state index < -0.39 is 0 Å². The molecule has 0 spiro atoms. The van der Waals surface area contributed by atoms with Crippen LogP contribution >= 0.6 is 0 Å². The number of nitrogens with two attached hydrogens (primary N) is 1. The number of aromatic nitrogens is 1. The first kappa shape index (κ1) is 10.1. The van der Waals surface area contributed by atoms with Crippen molar-refractivity contribution in [2.75, 3.05) is 18.0 Å². The van der Waals surface area contributed by atoms with Gasteiger partial charge in [0.2, 0.25) is 0 Å². The van der Waals surface area contributed by atoms with Crippen molar-refractivity contribution in [2.45, 2.75) is 31.5 Å². The average Bonchev–Trinajstić information content (AvgIpc) is 2.68. The van der Waals surface area contributed by atoms with Gasteiger partial charge in [-0.15, -0.1) is 0 Å². The van der Waals surface area contributed by atoms with Crippen LogP contribution in [-0.2, 0) is 6.54 Å². The fraction of sp³-hybridized carbons (Fsp3) is 0.583. The molecule has 3 heterocycles. The van der Waals surface area contributed by atoms with Gasteiger partial charge in [-0.3, -0.25) is 4.98 Å². The molecule has 2 atom stereocenters. The monoisotopic (exact) mass is 218 g/mol. The van der Waals surface area contributed by atoms with Crippen LogP contribution in [0.4, 0.5) is 5.69 Å². The normalized spacial score (nSPS) is 28.4. The van der Waals surface area contributed by atoms with Crippen LogP contribution in [0, 0.1) is 0 Å². The first-order chi connectivity index (χ1) is 7.85. The fourth-order valence-corrected chi connectivity index (χ4v) is 2.77. The van der Waals surface area contributed by atoms with Gasteiger partial charge < -0.3 is 16.0 Å². The number of piperazine rings is 1. The van der Waals surface area contributed by atoms with Crippen LogP contribution in [0.3, 0.4) is 0 Å². The van der Waals surface area contributed by atoms with E-state index in [0.717, 1.165) is 18.7 Å². The molecule has 86 valence electrons. The predicted molar refractivity (Wildman–Crippen MR) is 64.3 cm³/mol. The molecule has 3 rings (SSSR count). The van der Waals surface area contributed by atoms with Crippen molar-refractivity contribution >= 4 is 5.69 Å². The van der Waals surface area contributed by atoms with Crippen molar-refractivity contribution in [3.8, 4) is 0 Å². The molecule has 4 nitrogen and oxygen atoms in total. The lowest BCUT2D eigenvalue weighted by molar-refractivity contribution is 0.465. The first-order valence-electron chi connectivity index (χ1n) is 6.00. The molecule has 2 aliphatic heterocycles. The van der Waals surface area contributed by atoms with Gasteiger partial charge in [0.25, 0.3) is 0 Å². The number of hydrogen-bond acceptors (Lipinski definition) is 4. The minimum atomic E-state index is 0.569. The Morgan fingerprint density at radius 1 is 1.31 bits per heavy atom. The highest BCUT2D eigenvalue weighted by Gasteiger charge is 2.32. The van der Waals surface area contributed by atoms with Gasteiger partial charge in [-0.1, -0.05) is 0 Å². The number of anilines is 1. The summed E-state index contributed by atoms with van der Waals surface area (Å²) in [7, 11) is 0. The van der Waals surface area contributed by atoms with Gasteiger partial charge in [-0.25, -0.2) is 0 Å². The molecule has 3 N–H and O–H groups in total. The van der Waals surface area contributed by atoms with Crippen LogP contribution in [0.5, 0.6) is 0 Å². The Morgan fingerprint density at radius 3 is 2.75 bits per heavy atom. The predicted octanol–water partition coefficient (Wildman–Crippen LogP) is 0.481. The Labute approximate surface area is 95.8 Å². The van der Waals surface area contributed by atoms with Crippen LogP contribution < -0.4 is 16.0 Å². The Kier molecular flexibility index (Phi) is 2.53. The summed E-state index contributed by atoms with van der Waals surface area (Å²) < 4.78 is 0. The van der Waals surface area contributed by atoms with E-state index in [1.807, 2.05) is 12.4 Å². The van der Waals surface area contributed by atoms with E-state index in [1.54, 1.807) is 0 Å². The lowest BCUT2D eigenvalue weighted by Gasteiger charge is -2.34. The molecular weight excluding hydrogens is 200 g/mol. The fourth-order valence-electron chi connectivity index (χ4n) is 2.77. The quantitative estimate of drug-likeness (QED) is 0.758. The molecule has 0 radical (unpaired) electrons. The van der Waals surface area contributed by atoms with Crippen LogP contribution in [0.1, 0.15) is 18.4 Å². The molecule has 2 fully saturated rings. The van der Waals surface area contributed by atoms with Crippen molar-refractivity contribution < 1.29 is 0 Å². The highest BCUT2D eigenvalue weighted by molar-refractivity contribution is 5.47. The molecular formula is C12H18N4. The second-order valence-corrected chi connectivity index (χ2v) is 4.80. The van der Waals surface area contributed by atoms with E-state index in [-0.39, 0.29) is 0 Å². The summed E-state index contributed by atoms with van der Waals surface area (Å²) in [6.45, 7) is 2.78. The summed E-state index contributed by atoms with van der Waals surface area (Å²) in [4.78, 5) is 6.69. The largest absolute Gasteiger partial charge is 0.367 e. The number of pyridine rings is 1. The third-order valence-corrected chi connectivity index (χ3v) is 3.60. The highest BCUT2D eigenvalue weighted by atomic mass is 15.2. The summed E-state index contributed by atoms with van der Waals surface area (Å²) in [5, 5.41) is 3.63. The Bertz CT molecular complexity index is 367. The van der Waals surface area contributed by atoms with Crippen LogP contribution in [0.15, 0.2) is 18.5 Å². The molecule has 0 aliphatic carbocycles. The van der Waals surface area contributed by atoms with E-state index in [4.69, 9.17) is 5.73 Å². The number of nitrogens with zero attached hydrogens (tertiary/aromatic N) is 2. The number of nitrogens with one attached hydrogen (secondary N) is 1. The maximum Gasteiger partial charge on any atom is 0.0557 e. The van der Waals surface area contributed by atoms with Gasteiger partial charge in [-0.2, -0.15) is 0 Å². The lowest BCUT2D eigenvalue weighted by Crippen LogP contribution is -2.51. The number of fused-ring (bicyclic) bond motifs is 2. The zero-order chi connectivity index (χ0) is 11.0. The third-order valence-electron chi connectivity index (χ3n) is 3.60. The van der Waals surface area contributed by atoms with E-state index >= 15 is 0 Å². The Balaban J connectivity index is 1.81. The van der Waals surface area contributed by atoms with E-state index in [0.29, 0.717) is 18.6 Å². The molecule has 0 aromatic carbocycles. The summed E-state index contributed by atoms with van der Waals surface area (Å²) >= 11 is 0. The van der Waals surface area contributed by atoms with Crippen LogP contribution in [0.2, 0.25) is 0 Å². The molecule has 2 saturated heterocycles. The maximum atomic E-state index is 5.64. The summed E-state index contributed by atoms with van der Waals surface area (Å²) in [6.07, 6.45) is 6.42. The zero-order valence-electron chi connectivity index (χ0n) is 9.39. The van der Waals surface area contributed by atoms with Gasteiger partial charge in [-0.05, 0) is 24.5 Å². The zero-order valence-corrected chi connectivity index (χ0v) is 9.39. The van der Waals surface area contributed by atoms with Crippen molar-refractivity contribution in [1.82, 2.24) is 10.3 Å². The van der Waals surface area contributed by atoms with Crippen molar-refractivity contribution in [3.63, 3.8) is 0 Å². The summed E-state index contributed by atoms with van der Waals surface area (Å²) in [6, 6.07) is 3.50. The van der Waals surface area contributed by atoms with Gasteiger partial charge in [0.05, 0.1) is 11.9 Å².